The van der Waals surface area contributed by atoms with Gasteiger partial charge in [0.15, 0.2) is 0 Å². The van der Waals surface area contributed by atoms with Crippen LogP contribution < -0.4 is 9.64 Å². The van der Waals surface area contributed by atoms with Crippen LogP contribution in [0.3, 0.4) is 0 Å². The summed E-state index contributed by atoms with van der Waals surface area (Å²) >= 11 is 4.84. The summed E-state index contributed by atoms with van der Waals surface area (Å²) in [4.78, 5) is 16.4. The van der Waals surface area contributed by atoms with Crippen LogP contribution in [0.4, 0.5) is 10.1 Å². The normalized spacial score (nSPS) is 19.1. The van der Waals surface area contributed by atoms with Gasteiger partial charge in [0, 0.05) is 22.4 Å². The average Bonchev–Trinajstić information content (AvgIpc) is 2.74. The molecule has 148 valence electrons. The van der Waals surface area contributed by atoms with Gasteiger partial charge in [-0.15, -0.1) is 0 Å². The van der Waals surface area contributed by atoms with Gasteiger partial charge in [0.2, 0.25) is 5.91 Å². The lowest BCUT2D eigenvalue weighted by Gasteiger charge is -2.42. The number of nitriles is 1. The topological polar surface area (TPSA) is 56.6 Å². The van der Waals surface area contributed by atoms with Crippen LogP contribution in [0.2, 0.25) is 0 Å². The van der Waals surface area contributed by atoms with E-state index in [-0.39, 0.29) is 30.7 Å². The van der Waals surface area contributed by atoms with Gasteiger partial charge in [-0.1, -0.05) is 39.8 Å². The van der Waals surface area contributed by atoms with Gasteiger partial charge in [-0.25, -0.2) is 4.39 Å². The Morgan fingerprint density at radius 3 is 2.83 bits per heavy atom. The molecular weight excluding hydrogens is 457 g/mol. The molecule has 0 bridgehead atoms. The average molecular weight is 474 g/mol. The van der Waals surface area contributed by atoms with Crippen molar-refractivity contribution in [3.05, 3.63) is 68.9 Å². The van der Waals surface area contributed by atoms with Crippen LogP contribution in [-0.4, -0.2) is 30.5 Å². The maximum absolute atomic E-state index is 14.2. The Hall–Kier alpha value is -2.50. The van der Waals surface area contributed by atoms with Crippen molar-refractivity contribution in [2.75, 3.05) is 24.6 Å². The van der Waals surface area contributed by atoms with E-state index in [9.17, 15) is 14.4 Å². The third-order valence-electron chi connectivity index (χ3n) is 5.05. The molecule has 2 aromatic rings. The fraction of sp³-hybridized carbons (Fsp3) is 0.238. The molecule has 29 heavy (non-hydrogen) atoms. The second-order valence-electron chi connectivity index (χ2n) is 6.70. The molecule has 8 heteroatoms. The number of amides is 1. The maximum atomic E-state index is 14.2. The number of para-hydroxylation sites is 1. The van der Waals surface area contributed by atoms with Crippen molar-refractivity contribution in [3.8, 4) is 11.8 Å². The van der Waals surface area contributed by atoms with Crippen molar-refractivity contribution < 1.29 is 13.9 Å². The summed E-state index contributed by atoms with van der Waals surface area (Å²) < 4.78 is 20.5. The van der Waals surface area contributed by atoms with Gasteiger partial charge in [-0.05, 0) is 30.3 Å². The van der Waals surface area contributed by atoms with Gasteiger partial charge in [0.05, 0.1) is 42.0 Å². The number of thioether (sulfide) groups is 1. The minimum Gasteiger partial charge on any atom is -0.496 e. The van der Waals surface area contributed by atoms with Gasteiger partial charge in [-0.3, -0.25) is 9.69 Å². The number of halogens is 2. The zero-order valence-electron chi connectivity index (χ0n) is 15.6. The number of hydrogen-bond acceptors (Lipinski definition) is 5. The first-order valence-electron chi connectivity index (χ1n) is 8.93. The summed E-state index contributed by atoms with van der Waals surface area (Å²) in [5, 5.41) is 10.6. The van der Waals surface area contributed by atoms with Crippen molar-refractivity contribution in [2.45, 2.75) is 12.3 Å². The first-order valence-corrected chi connectivity index (χ1v) is 10.7. The van der Waals surface area contributed by atoms with E-state index in [1.54, 1.807) is 35.1 Å². The quantitative estimate of drug-likeness (QED) is 0.639. The number of carbonyl (C=O) groups excluding carboxylic acids is 1. The third kappa shape index (κ3) is 3.61. The van der Waals surface area contributed by atoms with E-state index in [0.29, 0.717) is 27.9 Å². The zero-order valence-corrected chi connectivity index (χ0v) is 18.0. The molecule has 5 nitrogen and oxygen atoms in total. The molecular formula is C21H17BrFN3O2S. The van der Waals surface area contributed by atoms with Gasteiger partial charge in [-0.2, -0.15) is 5.26 Å². The molecule has 0 spiro atoms. The highest BCUT2D eigenvalue weighted by Crippen LogP contribution is 2.45. The van der Waals surface area contributed by atoms with Crippen LogP contribution in [-0.2, 0) is 4.79 Å². The Balaban J connectivity index is 1.72. The van der Waals surface area contributed by atoms with E-state index in [2.05, 4.69) is 22.0 Å². The van der Waals surface area contributed by atoms with Gasteiger partial charge in [0.1, 0.15) is 11.6 Å². The molecule has 1 fully saturated rings. The summed E-state index contributed by atoms with van der Waals surface area (Å²) in [5.41, 5.74) is 1.79. The number of anilines is 1. The van der Waals surface area contributed by atoms with E-state index < -0.39 is 0 Å². The Kier molecular flexibility index (Phi) is 5.52. The van der Waals surface area contributed by atoms with Crippen LogP contribution in [0.25, 0.3) is 0 Å². The molecule has 0 aliphatic carbocycles. The van der Waals surface area contributed by atoms with E-state index in [1.807, 2.05) is 18.2 Å². The number of carbonyl (C=O) groups is 1. The molecule has 2 aliphatic heterocycles. The van der Waals surface area contributed by atoms with Crippen LogP contribution in [0.5, 0.6) is 5.75 Å². The summed E-state index contributed by atoms with van der Waals surface area (Å²) in [6.45, 7) is 0.218. The van der Waals surface area contributed by atoms with Crippen molar-refractivity contribution in [2.24, 2.45) is 0 Å². The molecule has 2 aromatic carbocycles. The Labute approximate surface area is 180 Å². The highest BCUT2D eigenvalue weighted by molar-refractivity contribution is 9.10. The summed E-state index contributed by atoms with van der Waals surface area (Å²) in [7, 11) is 1.57. The minimum atomic E-state index is -0.376. The smallest absolute Gasteiger partial charge is 0.229 e. The maximum Gasteiger partial charge on any atom is 0.229 e. The van der Waals surface area contributed by atoms with Crippen LogP contribution >= 0.6 is 27.7 Å². The molecule has 1 saturated heterocycles. The van der Waals surface area contributed by atoms with Crippen LogP contribution in [0.15, 0.2) is 57.5 Å². The SMILES string of the molecule is COc1ccc(Br)cc1[C@@H]1CC(=O)N2CN(c3ccccc3F)CSC2=C1C#N. The van der Waals surface area contributed by atoms with Gasteiger partial charge >= 0.3 is 0 Å². The molecule has 0 aromatic heterocycles. The van der Waals surface area contributed by atoms with E-state index in [1.165, 1.54) is 17.8 Å². The highest BCUT2D eigenvalue weighted by Gasteiger charge is 2.39. The molecule has 2 heterocycles. The van der Waals surface area contributed by atoms with E-state index >= 15 is 0 Å². The monoisotopic (exact) mass is 473 g/mol. The van der Waals surface area contributed by atoms with Crippen molar-refractivity contribution in [3.63, 3.8) is 0 Å². The Bertz CT molecular complexity index is 1050. The second kappa shape index (κ2) is 8.09. The first kappa shape index (κ1) is 19.8. The largest absolute Gasteiger partial charge is 0.496 e. The fourth-order valence-electron chi connectivity index (χ4n) is 3.67. The molecule has 0 N–H and O–H groups in total. The van der Waals surface area contributed by atoms with E-state index in [0.717, 1.165) is 10.0 Å². The third-order valence-corrected chi connectivity index (χ3v) is 6.70. The second-order valence-corrected chi connectivity index (χ2v) is 8.55. The lowest BCUT2D eigenvalue weighted by Crippen LogP contribution is -2.47. The number of benzene rings is 2. The lowest BCUT2D eigenvalue weighted by atomic mass is 9.86. The summed E-state index contributed by atoms with van der Waals surface area (Å²) in [5.74, 6) is 0.287. The number of methoxy groups -OCH3 is 1. The Morgan fingerprint density at radius 1 is 1.31 bits per heavy atom. The zero-order chi connectivity index (χ0) is 20.5. The standard InChI is InChI=1S/C21H17BrFN3O2S/c1-28-19-7-6-13(22)8-15(19)14-9-20(27)26-11-25(12-29-21(26)16(14)10-24)18-5-3-2-4-17(18)23/h2-8,14H,9,11-12H2,1H3/t14-/m0/s1. The first-order chi connectivity index (χ1) is 14.0. The van der Waals surface area contributed by atoms with Crippen molar-refractivity contribution >= 4 is 39.3 Å². The molecule has 4 rings (SSSR count). The molecule has 0 saturated carbocycles. The van der Waals surface area contributed by atoms with Crippen molar-refractivity contribution in [1.82, 2.24) is 4.90 Å². The number of hydrogen-bond donors (Lipinski definition) is 0. The predicted octanol–water partition coefficient (Wildman–Crippen LogP) is 4.82. The Morgan fingerprint density at radius 2 is 2.10 bits per heavy atom. The van der Waals surface area contributed by atoms with Crippen LogP contribution in [0, 0.1) is 17.1 Å². The van der Waals surface area contributed by atoms with E-state index in [4.69, 9.17) is 4.74 Å². The van der Waals surface area contributed by atoms with Crippen LogP contribution in [0.1, 0.15) is 17.9 Å². The van der Waals surface area contributed by atoms with Crippen molar-refractivity contribution in [1.29, 1.82) is 5.26 Å². The molecule has 2 aliphatic rings. The number of ether oxygens (including phenoxy) is 1. The highest BCUT2D eigenvalue weighted by atomic mass is 79.9. The fourth-order valence-corrected chi connectivity index (χ4v) is 5.20. The number of allylic oxidation sites excluding steroid dienone is 1. The predicted molar refractivity (Wildman–Crippen MR) is 114 cm³/mol. The number of fused-ring (bicyclic) bond motifs is 1. The molecule has 1 amide bonds. The summed E-state index contributed by atoms with van der Waals surface area (Å²) in [6.07, 6.45) is 0.158. The van der Waals surface area contributed by atoms with Gasteiger partial charge < -0.3 is 9.64 Å². The minimum absolute atomic E-state index is 0.0976. The molecule has 1 atom stereocenters. The molecule has 0 unspecified atom stereocenters. The van der Waals surface area contributed by atoms with Gasteiger partial charge in [0.25, 0.3) is 0 Å². The summed E-state index contributed by atoms with van der Waals surface area (Å²) in [6, 6.07) is 14.4. The number of nitrogens with zero attached hydrogens (tertiary/aromatic N) is 3. The lowest BCUT2D eigenvalue weighted by molar-refractivity contribution is -0.129. The molecule has 0 radical (unpaired) electrons. The number of rotatable bonds is 3.